The van der Waals surface area contributed by atoms with Gasteiger partial charge >= 0.3 is 0 Å². The molecule has 0 atom stereocenters. The van der Waals surface area contributed by atoms with E-state index in [0.717, 1.165) is 33.8 Å². The standard InChI is InChI=1S/C31H22N6O2/c32-30(38)25-14-12-21-10-11-22-13-15-26(35-29(22)28(21)34-25)31(39)36-33-18-23-16-17-37(19-20-6-2-1-3-7-20)27-9-5-4-8-24(23)27/h1-18H,19H2,(H2,32,38)/p+1. The van der Waals surface area contributed by atoms with Crippen LogP contribution in [0, 0.1) is 0 Å². The summed E-state index contributed by atoms with van der Waals surface area (Å²) >= 11 is 0. The van der Waals surface area contributed by atoms with E-state index in [0.29, 0.717) is 11.0 Å². The SMILES string of the molecule is NC(=O)c1ccc2ccc3ccc(C(=O)N/N=C/c4cc[n+](Cc5ccccc5)c5ccccc45)nc3c2n1. The third kappa shape index (κ3) is 4.78. The number of para-hydroxylation sites is 1. The van der Waals surface area contributed by atoms with Crippen LogP contribution in [0.25, 0.3) is 32.7 Å². The molecule has 0 radical (unpaired) electrons. The lowest BCUT2D eigenvalue weighted by Gasteiger charge is -2.06. The highest BCUT2D eigenvalue weighted by molar-refractivity contribution is 6.06. The topological polar surface area (TPSA) is 114 Å². The Morgan fingerprint density at radius 3 is 2.18 bits per heavy atom. The second-order valence-corrected chi connectivity index (χ2v) is 9.07. The third-order valence-corrected chi connectivity index (χ3v) is 6.53. The minimum absolute atomic E-state index is 0.136. The largest absolute Gasteiger partial charge is 0.364 e. The van der Waals surface area contributed by atoms with Crippen LogP contribution >= 0.6 is 0 Å². The number of amides is 2. The number of primary amides is 1. The summed E-state index contributed by atoms with van der Waals surface area (Å²) in [5.41, 5.74) is 12.4. The summed E-state index contributed by atoms with van der Waals surface area (Å²) in [6.45, 7) is 0.744. The van der Waals surface area contributed by atoms with Gasteiger partial charge in [-0.15, -0.1) is 0 Å². The monoisotopic (exact) mass is 511 g/mol. The normalized spacial score (nSPS) is 11.4. The number of aromatic nitrogens is 3. The number of carbonyl (C=O) groups is 2. The highest BCUT2D eigenvalue weighted by Crippen LogP contribution is 2.23. The Kier molecular flexibility index (Phi) is 6.18. The number of nitrogens with one attached hydrogen (secondary N) is 1. The number of hydrazone groups is 1. The van der Waals surface area contributed by atoms with Crippen molar-refractivity contribution >= 4 is 50.7 Å². The van der Waals surface area contributed by atoms with Gasteiger partial charge in [-0.2, -0.15) is 9.67 Å². The second-order valence-electron chi connectivity index (χ2n) is 9.07. The molecule has 0 aliphatic rings. The van der Waals surface area contributed by atoms with Crippen LogP contribution in [0.4, 0.5) is 0 Å². The second kappa shape index (κ2) is 10.1. The van der Waals surface area contributed by atoms with Gasteiger partial charge in [0.1, 0.15) is 11.4 Å². The highest BCUT2D eigenvalue weighted by Gasteiger charge is 2.14. The van der Waals surface area contributed by atoms with E-state index in [9.17, 15) is 9.59 Å². The van der Waals surface area contributed by atoms with E-state index in [1.165, 1.54) is 5.56 Å². The molecule has 2 amide bonds. The van der Waals surface area contributed by atoms with E-state index in [2.05, 4.69) is 43.3 Å². The summed E-state index contributed by atoms with van der Waals surface area (Å²) in [6, 6.07) is 30.8. The van der Waals surface area contributed by atoms with Crippen LogP contribution in [0.1, 0.15) is 32.1 Å². The van der Waals surface area contributed by atoms with Gasteiger partial charge in [-0.3, -0.25) is 9.59 Å². The quantitative estimate of drug-likeness (QED) is 0.151. The summed E-state index contributed by atoms with van der Waals surface area (Å²) in [4.78, 5) is 33.5. The van der Waals surface area contributed by atoms with Gasteiger partial charge in [-0.25, -0.2) is 15.4 Å². The molecule has 0 saturated heterocycles. The van der Waals surface area contributed by atoms with Crippen LogP contribution in [0.2, 0.25) is 0 Å². The lowest BCUT2D eigenvalue weighted by Crippen LogP contribution is -2.35. The van der Waals surface area contributed by atoms with Crippen molar-refractivity contribution in [2.75, 3.05) is 0 Å². The number of nitrogens with zero attached hydrogens (tertiary/aromatic N) is 4. The number of hydrogen-bond donors (Lipinski definition) is 2. The Morgan fingerprint density at radius 2 is 1.44 bits per heavy atom. The van der Waals surface area contributed by atoms with Gasteiger partial charge in [0, 0.05) is 34.0 Å². The summed E-state index contributed by atoms with van der Waals surface area (Å²) in [6.07, 6.45) is 3.64. The molecular weight excluding hydrogens is 488 g/mol. The third-order valence-electron chi connectivity index (χ3n) is 6.53. The maximum atomic E-state index is 12.9. The van der Waals surface area contributed by atoms with Crippen LogP contribution < -0.4 is 15.7 Å². The van der Waals surface area contributed by atoms with Gasteiger partial charge in [0.05, 0.1) is 22.6 Å². The zero-order valence-electron chi connectivity index (χ0n) is 20.8. The molecular formula is C31H23N6O2+. The van der Waals surface area contributed by atoms with Gasteiger partial charge in [-0.05, 0) is 18.2 Å². The molecule has 6 rings (SSSR count). The van der Waals surface area contributed by atoms with Crippen molar-refractivity contribution in [3.05, 3.63) is 126 Å². The molecule has 188 valence electrons. The van der Waals surface area contributed by atoms with Gasteiger partial charge in [-0.1, -0.05) is 66.7 Å². The lowest BCUT2D eigenvalue weighted by atomic mass is 10.1. The first-order chi connectivity index (χ1) is 19.1. The first kappa shape index (κ1) is 23.9. The number of carbonyl (C=O) groups excluding carboxylic acids is 2. The van der Waals surface area contributed by atoms with E-state index in [1.54, 1.807) is 30.5 Å². The van der Waals surface area contributed by atoms with E-state index in [-0.39, 0.29) is 11.4 Å². The average molecular weight is 512 g/mol. The molecule has 0 aliphatic carbocycles. The van der Waals surface area contributed by atoms with Gasteiger partial charge in [0.25, 0.3) is 11.8 Å². The minimum Gasteiger partial charge on any atom is -0.364 e. The van der Waals surface area contributed by atoms with E-state index >= 15 is 0 Å². The molecule has 0 saturated carbocycles. The fourth-order valence-electron chi connectivity index (χ4n) is 4.59. The van der Waals surface area contributed by atoms with Gasteiger partial charge in [0.15, 0.2) is 12.7 Å². The molecule has 3 N–H and O–H groups in total. The highest BCUT2D eigenvalue weighted by atomic mass is 16.2. The summed E-state index contributed by atoms with van der Waals surface area (Å²) in [7, 11) is 0. The van der Waals surface area contributed by atoms with Crippen molar-refractivity contribution < 1.29 is 14.2 Å². The molecule has 39 heavy (non-hydrogen) atoms. The fraction of sp³-hybridized carbons (Fsp3) is 0.0323. The number of pyridine rings is 3. The maximum absolute atomic E-state index is 12.9. The molecule has 0 unspecified atom stereocenters. The molecule has 0 aliphatic heterocycles. The summed E-state index contributed by atoms with van der Waals surface area (Å²) in [5.74, 6) is -1.09. The fourth-order valence-corrected chi connectivity index (χ4v) is 4.59. The zero-order valence-corrected chi connectivity index (χ0v) is 20.8. The van der Waals surface area contributed by atoms with Crippen molar-refractivity contribution in [3.8, 4) is 0 Å². The zero-order chi connectivity index (χ0) is 26.8. The maximum Gasteiger partial charge on any atom is 0.289 e. The Bertz CT molecular complexity index is 1920. The Hall–Kier alpha value is -5.50. The van der Waals surface area contributed by atoms with Crippen molar-refractivity contribution in [2.24, 2.45) is 10.8 Å². The van der Waals surface area contributed by atoms with Gasteiger partial charge in [0.2, 0.25) is 5.52 Å². The predicted molar refractivity (Wildman–Crippen MR) is 150 cm³/mol. The molecule has 3 heterocycles. The Balaban J connectivity index is 1.27. The molecule has 3 aromatic heterocycles. The van der Waals surface area contributed by atoms with Crippen LogP contribution in [-0.4, -0.2) is 28.0 Å². The molecule has 6 aromatic rings. The van der Waals surface area contributed by atoms with Crippen molar-refractivity contribution in [1.82, 2.24) is 15.4 Å². The van der Waals surface area contributed by atoms with Crippen molar-refractivity contribution in [3.63, 3.8) is 0 Å². The summed E-state index contributed by atoms with van der Waals surface area (Å²) < 4.78 is 2.18. The van der Waals surface area contributed by atoms with Crippen LogP contribution in [-0.2, 0) is 6.54 Å². The number of nitrogens with two attached hydrogens (primary N) is 1. The van der Waals surface area contributed by atoms with E-state index in [4.69, 9.17) is 5.73 Å². The smallest absolute Gasteiger partial charge is 0.289 e. The van der Waals surface area contributed by atoms with Crippen molar-refractivity contribution in [2.45, 2.75) is 6.54 Å². The average Bonchev–Trinajstić information content (AvgIpc) is 2.98. The molecule has 0 spiro atoms. The van der Waals surface area contributed by atoms with Crippen LogP contribution in [0.3, 0.4) is 0 Å². The van der Waals surface area contributed by atoms with E-state index < -0.39 is 11.8 Å². The van der Waals surface area contributed by atoms with E-state index in [1.807, 2.05) is 60.8 Å². The predicted octanol–water partition coefficient (Wildman–Crippen LogP) is 4.13. The minimum atomic E-state index is -0.629. The first-order valence-electron chi connectivity index (χ1n) is 12.4. The lowest BCUT2D eigenvalue weighted by molar-refractivity contribution is -0.662. The molecule has 3 aromatic carbocycles. The Morgan fingerprint density at radius 1 is 0.795 bits per heavy atom. The Labute approximate surface area is 223 Å². The molecule has 8 heteroatoms. The number of hydrogen-bond acceptors (Lipinski definition) is 5. The van der Waals surface area contributed by atoms with Crippen LogP contribution in [0.5, 0.6) is 0 Å². The number of fused-ring (bicyclic) bond motifs is 4. The van der Waals surface area contributed by atoms with Gasteiger partial charge < -0.3 is 5.73 Å². The van der Waals surface area contributed by atoms with Crippen LogP contribution in [0.15, 0.2) is 108 Å². The molecule has 8 nitrogen and oxygen atoms in total. The molecule has 0 fully saturated rings. The number of rotatable bonds is 6. The molecule has 0 bridgehead atoms. The number of benzene rings is 3. The first-order valence-corrected chi connectivity index (χ1v) is 12.4. The summed E-state index contributed by atoms with van der Waals surface area (Å²) in [5, 5.41) is 6.80. The van der Waals surface area contributed by atoms with Crippen molar-refractivity contribution in [1.29, 1.82) is 0 Å².